The average Bonchev–Trinajstić information content (AvgIpc) is 2.87. The molecule has 0 unspecified atom stereocenters. The van der Waals surface area contributed by atoms with Crippen molar-refractivity contribution in [2.45, 2.75) is 25.7 Å². The van der Waals surface area contributed by atoms with Gasteiger partial charge in [-0.15, -0.1) is 0 Å². The second-order valence-corrected chi connectivity index (χ2v) is 10.6. The number of rotatable bonds is 8. The van der Waals surface area contributed by atoms with Crippen LogP contribution in [0.25, 0.3) is 11.3 Å². The second-order valence-electron chi connectivity index (χ2n) is 8.71. The first kappa shape index (κ1) is 25.1. The number of anilines is 2. The Balaban J connectivity index is 1.56. The van der Waals surface area contributed by atoms with E-state index >= 15 is 0 Å². The number of carboxylic acid groups (broad SMARTS) is 1. The van der Waals surface area contributed by atoms with Crippen molar-refractivity contribution in [1.29, 1.82) is 5.26 Å². The minimum absolute atomic E-state index is 0.273. The number of sulfonamides is 1. The van der Waals surface area contributed by atoms with Gasteiger partial charge in [-0.2, -0.15) is 5.26 Å². The number of nitrogens with zero attached hydrogens (tertiary/aromatic N) is 5. The van der Waals surface area contributed by atoms with Crippen molar-refractivity contribution < 1.29 is 18.3 Å². The normalized spacial score (nSPS) is 13.7. The molecule has 1 N–H and O–H groups in total. The van der Waals surface area contributed by atoms with E-state index < -0.39 is 16.0 Å². The van der Waals surface area contributed by atoms with Crippen molar-refractivity contribution in [3.05, 3.63) is 71.7 Å². The van der Waals surface area contributed by atoms with Crippen molar-refractivity contribution >= 4 is 27.4 Å². The topological polar surface area (TPSA) is 127 Å². The van der Waals surface area contributed by atoms with Crippen molar-refractivity contribution in [1.82, 2.24) is 9.97 Å². The van der Waals surface area contributed by atoms with Crippen LogP contribution in [0.5, 0.6) is 0 Å². The van der Waals surface area contributed by atoms with Crippen molar-refractivity contribution in [3.8, 4) is 17.3 Å². The standard InChI is InChI=1S/C26H27N5O4S/c1-36(34,35)31(16-12-27)21-8-6-20(7-9-21)23-11-13-28-25(29-23)18-19-5-10-24(22(17-19)26(32)33)30-14-3-2-4-15-30/h5-11,13,17H,2-4,14-16,18H2,1H3,(H,32,33). The number of hydrogen-bond donors (Lipinski definition) is 1. The molecule has 0 bridgehead atoms. The van der Waals surface area contributed by atoms with Crippen molar-refractivity contribution in [3.63, 3.8) is 0 Å². The van der Waals surface area contributed by atoms with Crippen LogP contribution in [0.1, 0.15) is 41.0 Å². The highest BCUT2D eigenvalue weighted by molar-refractivity contribution is 7.92. The molecule has 0 amide bonds. The quantitative estimate of drug-likeness (QED) is 0.459. The van der Waals surface area contributed by atoms with Crippen LogP contribution in [0.4, 0.5) is 11.4 Å². The summed E-state index contributed by atoms with van der Waals surface area (Å²) in [4.78, 5) is 23.1. The molecule has 0 saturated carbocycles. The molecule has 2 aromatic carbocycles. The summed E-state index contributed by atoms with van der Waals surface area (Å²) in [6.07, 6.45) is 6.37. The first-order chi connectivity index (χ1) is 17.3. The molecular formula is C26H27N5O4S. The Morgan fingerprint density at radius 2 is 1.83 bits per heavy atom. The van der Waals surface area contributed by atoms with Gasteiger partial charge >= 0.3 is 5.97 Å². The molecule has 1 aliphatic rings. The lowest BCUT2D eigenvalue weighted by Gasteiger charge is -2.30. The molecule has 2 heterocycles. The van der Waals surface area contributed by atoms with Gasteiger partial charge in [0, 0.05) is 31.3 Å². The minimum atomic E-state index is -3.58. The fraction of sp³-hybridized carbons (Fsp3) is 0.308. The maximum absolute atomic E-state index is 12.0. The van der Waals surface area contributed by atoms with Gasteiger partial charge in [0.2, 0.25) is 10.0 Å². The van der Waals surface area contributed by atoms with E-state index in [1.54, 1.807) is 42.6 Å². The molecule has 10 heteroatoms. The Labute approximate surface area is 210 Å². The second kappa shape index (κ2) is 10.7. The van der Waals surface area contributed by atoms with E-state index in [1.807, 2.05) is 18.2 Å². The van der Waals surface area contributed by atoms with Gasteiger partial charge in [0.15, 0.2) is 0 Å². The van der Waals surface area contributed by atoms with Crippen LogP contribution in [0, 0.1) is 11.3 Å². The zero-order valence-electron chi connectivity index (χ0n) is 20.0. The molecule has 186 valence electrons. The summed E-state index contributed by atoms with van der Waals surface area (Å²) in [6.45, 7) is 1.45. The summed E-state index contributed by atoms with van der Waals surface area (Å²) < 4.78 is 25.0. The fourth-order valence-electron chi connectivity index (χ4n) is 4.37. The molecule has 36 heavy (non-hydrogen) atoms. The largest absolute Gasteiger partial charge is 0.478 e. The summed E-state index contributed by atoms with van der Waals surface area (Å²) in [5.41, 5.74) is 3.66. The van der Waals surface area contributed by atoms with E-state index in [1.165, 1.54) is 6.42 Å². The van der Waals surface area contributed by atoms with Gasteiger partial charge in [-0.1, -0.05) is 18.2 Å². The third kappa shape index (κ3) is 5.80. The van der Waals surface area contributed by atoms with Gasteiger partial charge in [0.1, 0.15) is 12.4 Å². The van der Waals surface area contributed by atoms with Gasteiger partial charge in [-0.25, -0.2) is 23.2 Å². The summed E-state index contributed by atoms with van der Waals surface area (Å²) in [5, 5.41) is 18.8. The molecule has 1 aliphatic heterocycles. The number of carboxylic acids is 1. The molecule has 0 spiro atoms. The van der Waals surface area contributed by atoms with E-state index in [4.69, 9.17) is 5.26 Å². The van der Waals surface area contributed by atoms with E-state index in [0.717, 1.165) is 53.3 Å². The SMILES string of the molecule is CS(=O)(=O)N(CC#N)c1ccc(-c2ccnc(Cc3ccc(N4CCCCC4)c(C(=O)O)c3)n2)cc1. The molecule has 4 rings (SSSR count). The number of benzene rings is 2. The number of aromatic carboxylic acids is 1. The zero-order valence-corrected chi connectivity index (χ0v) is 20.8. The first-order valence-corrected chi connectivity index (χ1v) is 13.5. The molecular weight excluding hydrogens is 478 g/mol. The smallest absolute Gasteiger partial charge is 0.337 e. The van der Waals surface area contributed by atoms with Gasteiger partial charge in [-0.05, 0) is 55.2 Å². The Morgan fingerprint density at radius 1 is 1.11 bits per heavy atom. The number of aromatic nitrogens is 2. The van der Waals surface area contributed by atoms with Gasteiger partial charge in [0.25, 0.3) is 0 Å². The maximum atomic E-state index is 12.0. The summed E-state index contributed by atoms with van der Waals surface area (Å²) in [7, 11) is -3.58. The van der Waals surface area contributed by atoms with Crippen LogP contribution in [0.3, 0.4) is 0 Å². The molecule has 1 aromatic heterocycles. The molecule has 0 atom stereocenters. The Hall–Kier alpha value is -3.97. The predicted molar refractivity (Wildman–Crippen MR) is 138 cm³/mol. The van der Waals surface area contributed by atoms with Gasteiger partial charge < -0.3 is 10.0 Å². The zero-order chi connectivity index (χ0) is 25.7. The van der Waals surface area contributed by atoms with E-state index in [9.17, 15) is 18.3 Å². The number of carbonyl (C=O) groups is 1. The Kier molecular flexibility index (Phi) is 7.50. The summed E-state index contributed by atoms with van der Waals surface area (Å²) in [6, 6.07) is 15.9. The highest BCUT2D eigenvalue weighted by atomic mass is 32.2. The van der Waals surface area contributed by atoms with E-state index in [0.29, 0.717) is 23.6 Å². The molecule has 1 fully saturated rings. The van der Waals surface area contributed by atoms with Gasteiger partial charge in [-0.3, -0.25) is 4.31 Å². The molecule has 9 nitrogen and oxygen atoms in total. The number of hydrogen-bond acceptors (Lipinski definition) is 7. The fourth-order valence-corrected chi connectivity index (χ4v) is 5.16. The number of piperidine rings is 1. The van der Waals surface area contributed by atoms with Crippen molar-refractivity contribution in [2.24, 2.45) is 0 Å². The van der Waals surface area contributed by atoms with Crippen molar-refractivity contribution in [2.75, 3.05) is 35.1 Å². The monoisotopic (exact) mass is 505 g/mol. The molecule has 3 aromatic rings. The molecule has 1 saturated heterocycles. The lowest BCUT2D eigenvalue weighted by molar-refractivity contribution is 0.0697. The van der Waals surface area contributed by atoms with Crippen LogP contribution < -0.4 is 9.21 Å². The summed E-state index contributed by atoms with van der Waals surface area (Å²) >= 11 is 0. The predicted octanol–water partition coefficient (Wildman–Crippen LogP) is 3.71. The highest BCUT2D eigenvalue weighted by Gasteiger charge is 2.19. The Bertz CT molecular complexity index is 1390. The van der Waals surface area contributed by atoms with Gasteiger partial charge in [0.05, 0.1) is 35.0 Å². The lowest BCUT2D eigenvalue weighted by atomic mass is 10.0. The van der Waals surface area contributed by atoms with Crippen LogP contribution in [0.2, 0.25) is 0 Å². The van der Waals surface area contributed by atoms with Crippen LogP contribution in [0.15, 0.2) is 54.7 Å². The molecule has 0 aliphatic carbocycles. The lowest BCUT2D eigenvalue weighted by Crippen LogP contribution is -2.30. The third-order valence-electron chi connectivity index (χ3n) is 6.12. The maximum Gasteiger partial charge on any atom is 0.337 e. The van der Waals surface area contributed by atoms with E-state index in [2.05, 4.69) is 14.9 Å². The highest BCUT2D eigenvalue weighted by Crippen LogP contribution is 2.27. The summed E-state index contributed by atoms with van der Waals surface area (Å²) in [5.74, 6) is -0.410. The van der Waals surface area contributed by atoms with E-state index in [-0.39, 0.29) is 12.1 Å². The Morgan fingerprint density at radius 3 is 2.47 bits per heavy atom. The molecule has 0 radical (unpaired) electrons. The van der Waals surface area contributed by atoms with Crippen LogP contribution in [-0.2, 0) is 16.4 Å². The minimum Gasteiger partial charge on any atom is -0.478 e. The first-order valence-electron chi connectivity index (χ1n) is 11.6. The average molecular weight is 506 g/mol. The van der Waals surface area contributed by atoms with Crippen LogP contribution >= 0.6 is 0 Å². The number of nitriles is 1. The third-order valence-corrected chi connectivity index (χ3v) is 7.26. The van der Waals surface area contributed by atoms with Crippen LogP contribution in [-0.4, -0.2) is 55.4 Å².